The van der Waals surface area contributed by atoms with Gasteiger partial charge in [0.15, 0.2) is 0 Å². The molecule has 1 atom stereocenters. The molecule has 1 N–H and O–H groups in total. The SMILES string of the molecule is CNC(COc1ccc(Cl)cc1)Cc1ccccc1OC. The minimum Gasteiger partial charge on any atom is -0.496 e. The van der Waals surface area contributed by atoms with Crippen LogP contribution in [0.4, 0.5) is 0 Å². The lowest BCUT2D eigenvalue weighted by Gasteiger charge is -2.18. The fraction of sp³-hybridized carbons (Fsp3) is 0.294. The molecule has 0 heterocycles. The second-order valence-corrected chi connectivity index (χ2v) is 5.20. The van der Waals surface area contributed by atoms with Crippen LogP contribution in [0.15, 0.2) is 48.5 Å². The van der Waals surface area contributed by atoms with Gasteiger partial charge in [-0.15, -0.1) is 0 Å². The lowest BCUT2D eigenvalue weighted by Crippen LogP contribution is -2.33. The van der Waals surface area contributed by atoms with Gasteiger partial charge >= 0.3 is 0 Å². The molecule has 3 nitrogen and oxygen atoms in total. The second-order valence-electron chi connectivity index (χ2n) is 4.77. The molecule has 0 amide bonds. The largest absolute Gasteiger partial charge is 0.496 e. The standard InChI is InChI=1S/C17H20ClNO2/c1-19-15(11-13-5-3-4-6-17(13)20-2)12-21-16-9-7-14(18)8-10-16/h3-10,15,19H,11-12H2,1-2H3. The number of ether oxygens (including phenoxy) is 2. The lowest BCUT2D eigenvalue weighted by molar-refractivity contribution is 0.268. The molecule has 112 valence electrons. The zero-order chi connectivity index (χ0) is 15.1. The number of halogens is 1. The van der Waals surface area contributed by atoms with Crippen molar-refractivity contribution in [3.8, 4) is 11.5 Å². The Hall–Kier alpha value is -1.71. The van der Waals surface area contributed by atoms with Crippen LogP contribution in [0.5, 0.6) is 11.5 Å². The molecule has 0 radical (unpaired) electrons. The second kappa shape index (κ2) is 7.91. The molecule has 0 aromatic heterocycles. The number of hydrogen-bond acceptors (Lipinski definition) is 3. The zero-order valence-electron chi connectivity index (χ0n) is 12.3. The molecule has 0 aliphatic carbocycles. The molecule has 4 heteroatoms. The van der Waals surface area contributed by atoms with Gasteiger partial charge in [0.2, 0.25) is 0 Å². The fourth-order valence-electron chi connectivity index (χ4n) is 2.11. The third-order valence-electron chi connectivity index (χ3n) is 3.33. The molecule has 0 saturated heterocycles. The van der Waals surface area contributed by atoms with Crippen molar-refractivity contribution in [1.82, 2.24) is 5.32 Å². The fourth-order valence-corrected chi connectivity index (χ4v) is 2.24. The van der Waals surface area contributed by atoms with Crippen LogP contribution in [0.3, 0.4) is 0 Å². The Morgan fingerprint density at radius 3 is 2.48 bits per heavy atom. The molecule has 0 aliphatic rings. The van der Waals surface area contributed by atoms with Gasteiger partial charge in [0, 0.05) is 11.1 Å². The minimum atomic E-state index is 0.206. The first-order valence-electron chi connectivity index (χ1n) is 6.90. The Balaban J connectivity index is 1.95. The molecule has 2 rings (SSSR count). The average molecular weight is 306 g/mol. The number of para-hydroxylation sites is 1. The van der Waals surface area contributed by atoms with Crippen LogP contribution in [0.1, 0.15) is 5.56 Å². The normalized spacial score (nSPS) is 12.0. The molecule has 0 aliphatic heterocycles. The maximum Gasteiger partial charge on any atom is 0.122 e. The number of nitrogens with one attached hydrogen (secondary N) is 1. The average Bonchev–Trinajstić information content (AvgIpc) is 2.53. The van der Waals surface area contributed by atoms with E-state index in [1.165, 1.54) is 5.56 Å². The van der Waals surface area contributed by atoms with E-state index in [4.69, 9.17) is 21.1 Å². The topological polar surface area (TPSA) is 30.5 Å². The summed E-state index contributed by atoms with van der Waals surface area (Å²) in [5, 5.41) is 3.99. The van der Waals surface area contributed by atoms with Crippen LogP contribution in [0, 0.1) is 0 Å². The first-order valence-corrected chi connectivity index (χ1v) is 7.28. The van der Waals surface area contributed by atoms with E-state index in [9.17, 15) is 0 Å². The van der Waals surface area contributed by atoms with Crippen LogP contribution in [-0.4, -0.2) is 26.8 Å². The van der Waals surface area contributed by atoms with Gasteiger partial charge in [-0.3, -0.25) is 0 Å². The number of rotatable bonds is 7. The van der Waals surface area contributed by atoms with E-state index in [0.29, 0.717) is 11.6 Å². The Kier molecular flexibility index (Phi) is 5.90. The zero-order valence-corrected chi connectivity index (χ0v) is 13.1. The molecule has 0 spiro atoms. The predicted octanol–water partition coefficient (Wildman–Crippen LogP) is 3.56. The minimum absolute atomic E-state index is 0.206. The molecular formula is C17H20ClNO2. The van der Waals surface area contributed by atoms with Gasteiger partial charge in [0.25, 0.3) is 0 Å². The molecular weight excluding hydrogens is 286 g/mol. The van der Waals surface area contributed by atoms with Gasteiger partial charge < -0.3 is 14.8 Å². The first kappa shape index (κ1) is 15.7. The number of hydrogen-bond donors (Lipinski definition) is 1. The van der Waals surface area contributed by atoms with E-state index in [1.807, 2.05) is 49.5 Å². The van der Waals surface area contributed by atoms with Crippen LogP contribution < -0.4 is 14.8 Å². The van der Waals surface area contributed by atoms with E-state index in [-0.39, 0.29) is 6.04 Å². The van der Waals surface area contributed by atoms with Gasteiger partial charge in [0.05, 0.1) is 7.11 Å². The van der Waals surface area contributed by atoms with Crippen LogP contribution >= 0.6 is 11.6 Å². The highest BCUT2D eigenvalue weighted by molar-refractivity contribution is 6.30. The Labute approximate surface area is 130 Å². The molecule has 2 aromatic rings. The number of methoxy groups -OCH3 is 1. The summed E-state index contributed by atoms with van der Waals surface area (Å²) in [6.07, 6.45) is 0.841. The van der Waals surface area contributed by atoms with E-state index < -0.39 is 0 Å². The summed E-state index contributed by atoms with van der Waals surface area (Å²) >= 11 is 5.86. The van der Waals surface area contributed by atoms with Crippen molar-refractivity contribution in [2.45, 2.75) is 12.5 Å². The van der Waals surface area contributed by atoms with Crippen LogP contribution in [-0.2, 0) is 6.42 Å². The Bertz CT molecular complexity index is 557. The summed E-state index contributed by atoms with van der Waals surface area (Å²) in [4.78, 5) is 0. The highest BCUT2D eigenvalue weighted by Crippen LogP contribution is 2.20. The van der Waals surface area contributed by atoms with Crippen LogP contribution in [0.2, 0.25) is 5.02 Å². The van der Waals surface area contributed by atoms with Crippen molar-refractivity contribution >= 4 is 11.6 Å². The third-order valence-corrected chi connectivity index (χ3v) is 3.58. The van der Waals surface area contributed by atoms with Crippen LogP contribution in [0.25, 0.3) is 0 Å². The van der Waals surface area contributed by atoms with Gasteiger partial charge in [-0.2, -0.15) is 0 Å². The van der Waals surface area contributed by atoms with Gasteiger partial charge in [-0.1, -0.05) is 29.8 Å². The third kappa shape index (κ3) is 4.66. The molecule has 0 fully saturated rings. The predicted molar refractivity (Wildman–Crippen MR) is 86.5 cm³/mol. The summed E-state index contributed by atoms with van der Waals surface area (Å²) in [6, 6.07) is 15.6. The monoisotopic (exact) mass is 305 g/mol. The smallest absolute Gasteiger partial charge is 0.122 e. The maximum atomic E-state index is 5.86. The molecule has 0 saturated carbocycles. The summed E-state index contributed by atoms with van der Waals surface area (Å²) < 4.78 is 11.2. The quantitative estimate of drug-likeness (QED) is 0.848. The maximum absolute atomic E-state index is 5.86. The Morgan fingerprint density at radius 1 is 1.10 bits per heavy atom. The molecule has 2 aromatic carbocycles. The summed E-state index contributed by atoms with van der Waals surface area (Å²) in [5.41, 5.74) is 1.17. The van der Waals surface area contributed by atoms with E-state index in [0.717, 1.165) is 17.9 Å². The Morgan fingerprint density at radius 2 is 1.81 bits per heavy atom. The van der Waals surface area contributed by atoms with Gasteiger partial charge in [-0.05, 0) is 49.4 Å². The van der Waals surface area contributed by atoms with Gasteiger partial charge in [-0.25, -0.2) is 0 Å². The van der Waals surface area contributed by atoms with E-state index in [1.54, 1.807) is 7.11 Å². The molecule has 21 heavy (non-hydrogen) atoms. The number of likely N-dealkylation sites (N-methyl/N-ethyl adjacent to an activating group) is 1. The van der Waals surface area contributed by atoms with Crippen molar-refractivity contribution in [2.75, 3.05) is 20.8 Å². The highest BCUT2D eigenvalue weighted by Gasteiger charge is 2.11. The number of benzene rings is 2. The molecule has 1 unspecified atom stereocenters. The van der Waals surface area contributed by atoms with E-state index in [2.05, 4.69) is 11.4 Å². The summed E-state index contributed by atoms with van der Waals surface area (Å²) in [7, 11) is 3.63. The van der Waals surface area contributed by atoms with E-state index >= 15 is 0 Å². The summed E-state index contributed by atoms with van der Waals surface area (Å²) in [6.45, 7) is 0.580. The van der Waals surface area contributed by atoms with Crippen molar-refractivity contribution in [3.05, 3.63) is 59.1 Å². The van der Waals surface area contributed by atoms with Crippen molar-refractivity contribution < 1.29 is 9.47 Å². The first-order chi connectivity index (χ1) is 10.2. The van der Waals surface area contributed by atoms with Crippen molar-refractivity contribution in [1.29, 1.82) is 0 Å². The molecule has 0 bridgehead atoms. The van der Waals surface area contributed by atoms with Crippen molar-refractivity contribution in [2.24, 2.45) is 0 Å². The highest BCUT2D eigenvalue weighted by atomic mass is 35.5. The summed E-state index contributed by atoms with van der Waals surface area (Å²) in [5.74, 6) is 1.73. The lowest BCUT2D eigenvalue weighted by atomic mass is 10.1. The van der Waals surface area contributed by atoms with Crippen molar-refractivity contribution in [3.63, 3.8) is 0 Å². The van der Waals surface area contributed by atoms with Gasteiger partial charge in [0.1, 0.15) is 18.1 Å².